The third-order valence-electron chi connectivity index (χ3n) is 1.44. The molecule has 0 unspecified atom stereocenters. The van der Waals surface area contributed by atoms with Crippen molar-refractivity contribution in [3.8, 4) is 0 Å². The molecule has 0 saturated heterocycles. The van der Waals surface area contributed by atoms with E-state index in [2.05, 4.69) is 36.8 Å². The number of allylic oxidation sites excluding steroid dienone is 3. The van der Waals surface area contributed by atoms with Crippen LogP contribution in [-0.2, 0) is 0 Å². The van der Waals surface area contributed by atoms with Gasteiger partial charge in [0.05, 0.1) is 5.70 Å². The van der Waals surface area contributed by atoms with Gasteiger partial charge in [0, 0.05) is 19.0 Å². The molecule has 2 nitrogen and oxygen atoms in total. The molecule has 0 aliphatic heterocycles. The first kappa shape index (κ1) is 11.0. The standard InChI is InChI=1S/C10H18N2/c1-5-7-10(8-11-4)12-9(3)6-2/h7-8,12H,3,5-6H2,1-2,4H3/b10-7+,11-8?. The number of hydrogen-bond donors (Lipinski definition) is 1. The van der Waals surface area contributed by atoms with Gasteiger partial charge in [-0.3, -0.25) is 4.99 Å². The molecule has 0 radical (unpaired) electrons. The molecule has 0 aliphatic rings. The number of hydrogen-bond acceptors (Lipinski definition) is 2. The normalized spacial score (nSPS) is 12.1. The summed E-state index contributed by atoms with van der Waals surface area (Å²) in [6, 6.07) is 0. The zero-order chi connectivity index (χ0) is 9.40. The van der Waals surface area contributed by atoms with Crippen molar-refractivity contribution in [2.24, 2.45) is 4.99 Å². The lowest BCUT2D eigenvalue weighted by atomic mass is 10.3. The van der Waals surface area contributed by atoms with Crippen LogP contribution in [0.2, 0.25) is 0 Å². The van der Waals surface area contributed by atoms with Gasteiger partial charge in [0.25, 0.3) is 0 Å². The minimum absolute atomic E-state index is 0.943. The van der Waals surface area contributed by atoms with E-state index in [9.17, 15) is 0 Å². The van der Waals surface area contributed by atoms with Gasteiger partial charge >= 0.3 is 0 Å². The molecule has 0 saturated carbocycles. The molecule has 0 aliphatic carbocycles. The van der Waals surface area contributed by atoms with Crippen molar-refractivity contribution in [3.05, 3.63) is 24.0 Å². The van der Waals surface area contributed by atoms with Crippen LogP contribution in [0.5, 0.6) is 0 Å². The lowest BCUT2D eigenvalue weighted by Gasteiger charge is -2.06. The summed E-state index contributed by atoms with van der Waals surface area (Å²) in [5, 5.41) is 3.19. The predicted molar refractivity (Wildman–Crippen MR) is 55.4 cm³/mol. The van der Waals surface area contributed by atoms with Crippen LogP contribution in [0.15, 0.2) is 29.0 Å². The molecule has 0 aromatic rings. The van der Waals surface area contributed by atoms with Crippen molar-refractivity contribution < 1.29 is 0 Å². The van der Waals surface area contributed by atoms with E-state index in [0.717, 1.165) is 24.2 Å². The zero-order valence-corrected chi connectivity index (χ0v) is 8.22. The van der Waals surface area contributed by atoms with Crippen LogP contribution < -0.4 is 5.32 Å². The fourth-order valence-corrected chi connectivity index (χ4v) is 0.788. The molecule has 68 valence electrons. The van der Waals surface area contributed by atoms with Crippen molar-refractivity contribution in [1.82, 2.24) is 5.32 Å². The van der Waals surface area contributed by atoms with Gasteiger partial charge in [-0.2, -0.15) is 0 Å². The Labute approximate surface area is 75.1 Å². The van der Waals surface area contributed by atoms with Gasteiger partial charge in [-0.05, 0) is 12.8 Å². The molecular formula is C10H18N2. The molecule has 0 aromatic carbocycles. The molecular weight excluding hydrogens is 148 g/mol. The summed E-state index contributed by atoms with van der Waals surface area (Å²) in [5.74, 6) is 0. The average Bonchev–Trinajstić information content (AvgIpc) is 2.05. The fraction of sp³-hybridized carbons (Fsp3) is 0.500. The maximum atomic E-state index is 3.95. The van der Waals surface area contributed by atoms with Gasteiger partial charge < -0.3 is 5.32 Å². The maximum Gasteiger partial charge on any atom is 0.0522 e. The van der Waals surface area contributed by atoms with Crippen molar-refractivity contribution in [2.75, 3.05) is 7.05 Å². The van der Waals surface area contributed by atoms with Crippen LogP contribution in [-0.4, -0.2) is 13.3 Å². The quantitative estimate of drug-likeness (QED) is 0.623. The molecule has 0 rings (SSSR count). The van der Waals surface area contributed by atoms with E-state index >= 15 is 0 Å². The smallest absolute Gasteiger partial charge is 0.0522 e. The monoisotopic (exact) mass is 166 g/mol. The minimum atomic E-state index is 0.943. The summed E-state index contributed by atoms with van der Waals surface area (Å²) >= 11 is 0. The Morgan fingerprint density at radius 3 is 2.58 bits per heavy atom. The van der Waals surface area contributed by atoms with E-state index in [-0.39, 0.29) is 0 Å². The summed E-state index contributed by atoms with van der Waals surface area (Å²) in [7, 11) is 1.76. The van der Waals surface area contributed by atoms with E-state index in [1.165, 1.54) is 0 Å². The van der Waals surface area contributed by atoms with Crippen LogP contribution in [0.25, 0.3) is 0 Å². The molecule has 0 amide bonds. The highest BCUT2D eigenvalue weighted by Crippen LogP contribution is 1.96. The first-order valence-electron chi connectivity index (χ1n) is 4.31. The molecule has 12 heavy (non-hydrogen) atoms. The van der Waals surface area contributed by atoms with E-state index in [4.69, 9.17) is 0 Å². The first-order valence-corrected chi connectivity index (χ1v) is 4.31. The van der Waals surface area contributed by atoms with E-state index in [0.29, 0.717) is 0 Å². The first-order chi connectivity index (χ1) is 5.74. The van der Waals surface area contributed by atoms with Gasteiger partial charge in [-0.15, -0.1) is 0 Å². The van der Waals surface area contributed by atoms with Crippen molar-refractivity contribution >= 4 is 6.21 Å². The Morgan fingerprint density at radius 2 is 2.17 bits per heavy atom. The second-order valence-electron chi connectivity index (χ2n) is 2.54. The Kier molecular flexibility index (Phi) is 6.07. The Bertz CT molecular complexity index is 190. The van der Waals surface area contributed by atoms with Crippen LogP contribution in [0, 0.1) is 0 Å². The van der Waals surface area contributed by atoms with Crippen LogP contribution >= 0.6 is 0 Å². The van der Waals surface area contributed by atoms with Gasteiger partial charge in [-0.25, -0.2) is 0 Å². The van der Waals surface area contributed by atoms with E-state index in [1.807, 2.05) is 6.21 Å². The molecule has 0 atom stereocenters. The summed E-state index contributed by atoms with van der Waals surface area (Å²) in [4.78, 5) is 3.95. The van der Waals surface area contributed by atoms with Crippen LogP contribution in [0.4, 0.5) is 0 Å². The number of rotatable bonds is 5. The SMILES string of the molecule is C=C(CC)N/C(C=NC)=C/CC. The second kappa shape index (κ2) is 6.65. The highest BCUT2D eigenvalue weighted by Gasteiger charge is 1.92. The van der Waals surface area contributed by atoms with Crippen LogP contribution in [0.3, 0.4) is 0 Å². The fourth-order valence-electron chi connectivity index (χ4n) is 0.788. The molecule has 0 fully saturated rings. The Hall–Kier alpha value is -1.05. The third-order valence-corrected chi connectivity index (χ3v) is 1.44. The van der Waals surface area contributed by atoms with Gasteiger partial charge in [-0.1, -0.05) is 26.5 Å². The lowest BCUT2D eigenvalue weighted by molar-refractivity contribution is 0.924. The van der Waals surface area contributed by atoms with Crippen molar-refractivity contribution in [3.63, 3.8) is 0 Å². The highest BCUT2D eigenvalue weighted by atomic mass is 14.9. The maximum absolute atomic E-state index is 3.95. The van der Waals surface area contributed by atoms with Crippen LogP contribution in [0.1, 0.15) is 26.7 Å². The minimum Gasteiger partial charge on any atom is -0.358 e. The summed E-state index contributed by atoms with van der Waals surface area (Å²) < 4.78 is 0. The third kappa shape index (κ3) is 4.72. The molecule has 0 bridgehead atoms. The largest absolute Gasteiger partial charge is 0.358 e. The van der Waals surface area contributed by atoms with Crippen molar-refractivity contribution in [1.29, 1.82) is 0 Å². The summed E-state index contributed by atoms with van der Waals surface area (Å²) in [6.45, 7) is 8.03. The predicted octanol–water partition coefficient (Wildman–Crippen LogP) is 2.49. The second-order valence-corrected chi connectivity index (χ2v) is 2.54. The number of nitrogens with one attached hydrogen (secondary N) is 1. The Balaban J connectivity index is 4.14. The van der Waals surface area contributed by atoms with Crippen molar-refractivity contribution in [2.45, 2.75) is 26.7 Å². The lowest BCUT2D eigenvalue weighted by Crippen LogP contribution is -2.12. The van der Waals surface area contributed by atoms with Gasteiger partial charge in [0.15, 0.2) is 0 Å². The number of aliphatic imine (C=N–C) groups is 1. The van der Waals surface area contributed by atoms with E-state index in [1.54, 1.807) is 7.05 Å². The van der Waals surface area contributed by atoms with E-state index < -0.39 is 0 Å². The summed E-state index contributed by atoms with van der Waals surface area (Å²) in [5.41, 5.74) is 2.06. The molecule has 1 N–H and O–H groups in total. The molecule has 0 spiro atoms. The molecule has 0 aromatic heterocycles. The van der Waals surface area contributed by atoms with Gasteiger partial charge in [0.1, 0.15) is 0 Å². The average molecular weight is 166 g/mol. The highest BCUT2D eigenvalue weighted by molar-refractivity contribution is 5.77. The number of nitrogens with zero attached hydrogens (tertiary/aromatic N) is 1. The topological polar surface area (TPSA) is 24.4 Å². The molecule has 0 heterocycles. The van der Waals surface area contributed by atoms with Gasteiger partial charge in [0.2, 0.25) is 0 Å². The molecule has 2 heteroatoms. The Morgan fingerprint density at radius 1 is 1.50 bits per heavy atom. The summed E-state index contributed by atoms with van der Waals surface area (Å²) in [6.07, 6.45) is 5.85. The zero-order valence-electron chi connectivity index (χ0n) is 8.22.